The van der Waals surface area contributed by atoms with E-state index >= 15 is 0 Å². The van der Waals surface area contributed by atoms with Crippen molar-refractivity contribution in [1.82, 2.24) is 14.9 Å². The second kappa shape index (κ2) is 14.6. The maximum absolute atomic E-state index is 12.6. The molecule has 1 fully saturated rings. The number of alkyl halides is 3. The van der Waals surface area contributed by atoms with Crippen LogP contribution in [-0.4, -0.2) is 84.3 Å². The molecule has 0 aromatic heterocycles. The number of hydrogen-bond donors (Lipinski definition) is 2. The number of aliphatic imine (C=N–C) groups is 1. The second-order valence-electron chi connectivity index (χ2n) is 6.49. The maximum atomic E-state index is 12.6. The van der Waals surface area contributed by atoms with Gasteiger partial charge in [0.25, 0.3) is 0 Å². The average Bonchev–Trinajstić information content (AvgIpc) is 2.65. The van der Waals surface area contributed by atoms with Gasteiger partial charge in [-0.3, -0.25) is 4.99 Å². The van der Waals surface area contributed by atoms with Crippen molar-refractivity contribution < 1.29 is 31.1 Å². The van der Waals surface area contributed by atoms with Crippen molar-refractivity contribution in [3.8, 4) is 0 Å². The van der Waals surface area contributed by atoms with Gasteiger partial charge in [-0.15, -0.1) is 24.0 Å². The summed E-state index contributed by atoms with van der Waals surface area (Å²) in [6.45, 7) is 2.82. The number of ether oxygens (including phenoxy) is 2. The Morgan fingerprint density at radius 1 is 1.14 bits per heavy atom. The van der Waals surface area contributed by atoms with Gasteiger partial charge in [0.1, 0.15) is 0 Å². The van der Waals surface area contributed by atoms with Crippen molar-refractivity contribution in [3.63, 3.8) is 0 Å². The molecule has 0 aliphatic carbocycles. The van der Waals surface area contributed by atoms with Crippen LogP contribution < -0.4 is 10.6 Å². The number of piperidine rings is 1. The highest BCUT2D eigenvalue weighted by Crippen LogP contribution is 2.30. The molecule has 0 unspecified atom stereocenters. The minimum atomic E-state index is -5.24. The molecule has 0 amide bonds. The third-order valence-corrected chi connectivity index (χ3v) is 6.06. The molecule has 0 saturated carbocycles. The Morgan fingerprint density at radius 2 is 1.79 bits per heavy atom. The van der Waals surface area contributed by atoms with E-state index in [9.17, 15) is 21.6 Å². The number of nitrogens with one attached hydrogen (secondary N) is 2. The van der Waals surface area contributed by atoms with Crippen LogP contribution in [0.4, 0.5) is 13.2 Å². The van der Waals surface area contributed by atoms with Gasteiger partial charge < -0.3 is 20.1 Å². The summed E-state index contributed by atoms with van der Waals surface area (Å²) in [6, 6.07) is 0. The van der Waals surface area contributed by atoms with E-state index in [2.05, 4.69) is 15.6 Å². The lowest BCUT2D eigenvalue weighted by molar-refractivity contribution is -0.0496. The molecule has 0 atom stereocenters. The lowest BCUT2D eigenvalue weighted by Gasteiger charge is -2.31. The molecule has 0 spiro atoms. The van der Waals surface area contributed by atoms with Crippen LogP contribution in [0.3, 0.4) is 0 Å². The van der Waals surface area contributed by atoms with Gasteiger partial charge in [-0.2, -0.15) is 17.5 Å². The van der Waals surface area contributed by atoms with Gasteiger partial charge in [-0.25, -0.2) is 8.42 Å². The highest BCUT2D eigenvalue weighted by molar-refractivity contribution is 14.0. The van der Waals surface area contributed by atoms with Gasteiger partial charge in [0.05, 0.1) is 13.2 Å². The largest absolute Gasteiger partial charge is 0.511 e. The summed E-state index contributed by atoms with van der Waals surface area (Å²) in [5.74, 6) is 0.707. The fourth-order valence-corrected chi connectivity index (χ4v) is 3.73. The second-order valence-corrected chi connectivity index (χ2v) is 8.41. The highest BCUT2D eigenvalue weighted by atomic mass is 127. The van der Waals surface area contributed by atoms with E-state index in [-0.39, 0.29) is 43.0 Å². The van der Waals surface area contributed by atoms with E-state index in [4.69, 9.17) is 9.47 Å². The third-order valence-electron chi connectivity index (χ3n) is 4.43. The Morgan fingerprint density at radius 3 is 2.34 bits per heavy atom. The first-order valence-corrected chi connectivity index (χ1v) is 10.7. The number of hydrogen-bond acceptors (Lipinski definition) is 5. The van der Waals surface area contributed by atoms with Crippen molar-refractivity contribution in [2.24, 2.45) is 10.9 Å². The van der Waals surface area contributed by atoms with Crippen LogP contribution in [0.15, 0.2) is 4.99 Å². The van der Waals surface area contributed by atoms with Gasteiger partial charge in [0.15, 0.2) is 5.96 Å². The van der Waals surface area contributed by atoms with Gasteiger partial charge in [-0.1, -0.05) is 0 Å². The van der Waals surface area contributed by atoms with Gasteiger partial charge in [-0.05, 0) is 31.6 Å². The lowest BCUT2D eigenvalue weighted by Crippen LogP contribution is -2.47. The lowest BCUT2D eigenvalue weighted by atomic mass is 9.98. The van der Waals surface area contributed by atoms with Crippen LogP contribution in [0.1, 0.15) is 25.7 Å². The SMILES string of the molecule is CN=C(NCCCCOCCOC)NCC1CCN(S(=O)(=O)C(F)(F)F)CC1.I. The predicted octanol–water partition coefficient (Wildman–Crippen LogP) is 1.77. The molecule has 1 aliphatic heterocycles. The smallest absolute Gasteiger partial charge is 0.382 e. The monoisotopic (exact) mass is 560 g/mol. The zero-order valence-electron chi connectivity index (χ0n) is 16.8. The Bertz CT molecular complexity index is 571. The van der Waals surface area contributed by atoms with Crippen LogP contribution >= 0.6 is 24.0 Å². The molecule has 13 heteroatoms. The Labute approximate surface area is 188 Å². The summed E-state index contributed by atoms with van der Waals surface area (Å²) in [6.07, 6.45) is 2.55. The Kier molecular flexibility index (Phi) is 14.4. The molecule has 0 radical (unpaired) electrons. The molecule has 174 valence electrons. The molecule has 0 bridgehead atoms. The maximum Gasteiger partial charge on any atom is 0.511 e. The van der Waals surface area contributed by atoms with E-state index in [1.165, 1.54) is 0 Å². The Balaban J connectivity index is 0.00000784. The van der Waals surface area contributed by atoms with Crippen LogP contribution in [0.2, 0.25) is 0 Å². The molecule has 0 aromatic rings. The number of unbranched alkanes of at least 4 members (excludes halogenated alkanes) is 1. The highest BCUT2D eigenvalue weighted by Gasteiger charge is 2.50. The summed E-state index contributed by atoms with van der Waals surface area (Å²) < 4.78 is 71.4. The molecular weight excluding hydrogens is 528 g/mol. The number of sulfonamides is 1. The fraction of sp³-hybridized carbons (Fsp3) is 0.938. The van der Waals surface area contributed by atoms with E-state index in [1.54, 1.807) is 14.2 Å². The first-order valence-electron chi connectivity index (χ1n) is 9.30. The van der Waals surface area contributed by atoms with Gasteiger partial charge in [0, 0.05) is 46.9 Å². The van der Waals surface area contributed by atoms with E-state index in [0.29, 0.717) is 49.5 Å². The van der Waals surface area contributed by atoms with Crippen molar-refractivity contribution in [1.29, 1.82) is 0 Å². The standard InChI is InChI=1S/C16H31F3N4O4S.HI/c1-20-15(21-7-3-4-10-27-12-11-26-2)22-13-14-5-8-23(9-6-14)28(24,25)16(17,18)19;/h14H,3-13H2,1-2H3,(H2,20,21,22);1H. The van der Waals surface area contributed by atoms with E-state index in [1.807, 2.05) is 0 Å². The first kappa shape index (κ1) is 28.6. The number of rotatable bonds is 11. The molecular formula is C16H32F3IN4O4S. The molecule has 8 nitrogen and oxygen atoms in total. The fourth-order valence-electron chi connectivity index (χ4n) is 2.74. The van der Waals surface area contributed by atoms with E-state index in [0.717, 1.165) is 19.4 Å². The number of guanidine groups is 1. The van der Waals surface area contributed by atoms with Crippen LogP contribution in [0, 0.1) is 5.92 Å². The minimum absolute atomic E-state index is 0. The third kappa shape index (κ3) is 10.5. The van der Waals surface area contributed by atoms with Crippen molar-refractivity contribution in [3.05, 3.63) is 0 Å². The predicted molar refractivity (Wildman–Crippen MR) is 116 cm³/mol. The van der Waals surface area contributed by atoms with Gasteiger partial charge in [0.2, 0.25) is 0 Å². The van der Waals surface area contributed by atoms with Crippen LogP contribution in [0.25, 0.3) is 0 Å². The van der Waals surface area contributed by atoms with Crippen LogP contribution in [-0.2, 0) is 19.5 Å². The van der Waals surface area contributed by atoms with Crippen molar-refractivity contribution in [2.45, 2.75) is 31.2 Å². The molecule has 0 aromatic carbocycles. The molecule has 1 aliphatic rings. The topological polar surface area (TPSA) is 92.3 Å². The number of methoxy groups -OCH3 is 1. The Hall–Kier alpha value is -0.380. The molecule has 2 N–H and O–H groups in total. The molecule has 1 rings (SSSR count). The first-order chi connectivity index (χ1) is 13.2. The summed E-state index contributed by atoms with van der Waals surface area (Å²) in [7, 11) is -1.96. The summed E-state index contributed by atoms with van der Waals surface area (Å²) in [5, 5.41) is 6.31. The summed E-state index contributed by atoms with van der Waals surface area (Å²) >= 11 is 0. The van der Waals surface area contributed by atoms with Crippen molar-refractivity contribution >= 4 is 40.0 Å². The summed E-state index contributed by atoms with van der Waals surface area (Å²) in [5.41, 5.74) is -5.24. The normalized spacial score (nSPS) is 17.1. The quantitative estimate of drug-likeness (QED) is 0.173. The number of halogens is 4. The molecule has 1 heterocycles. The summed E-state index contributed by atoms with van der Waals surface area (Å²) in [4.78, 5) is 4.11. The van der Waals surface area contributed by atoms with E-state index < -0.39 is 15.5 Å². The average molecular weight is 560 g/mol. The zero-order chi connectivity index (χ0) is 21.0. The zero-order valence-corrected chi connectivity index (χ0v) is 20.0. The van der Waals surface area contributed by atoms with Crippen molar-refractivity contribution in [2.75, 3.05) is 60.2 Å². The number of nitrogens with zero attached hydrogens (tertiary/aromatic N) is 2. The molecule has 1 saturated heterocycles. The van der Waals surface area contributed by atoms with Gasteiger partial charge >= 0.3 is 15.5 Å². The minimum Gasteiger partial charge on any atom is -0.382 e. The van der Waals surface area contributed by atoms with Crippen LogP contribution in [0.5, 0.6) is 0 Å². The molecule has 29 heavy (non-hydrogen) atoms.